The van der Waals surface area contributed by atoms with Gasteiger partial charge in [-0.2, -0.15) is 0 Å². The Morgan fingerprint density at radius 1 is 1.16 bits per heavy atom. The Morgan fingerprint density at radius 2 is 1.89 bits per heavy atom. The summed E-state index contributed by atoms with van der Waals surface area (Å²) in [5, 5.41) is 6.15. The molecule has 0 atom stereocenters. The summed E-state index contributed by atoms with van der Waals surface area (Å²) in [6, 6.07) is 14.4. The number of nitrogens with one attached hydrogen (secondary N) is 2. The summed E-state index contributed by atoms with van der Waals surface area (Å²) >= 11 is 0. The number of benzene rings is 2. The first-order valence-electron chi connectivity index (χ1n) is 12.0. The van der Waals surface area contributed by atoms with Crippen molar-refractivity contribution in [3.8, 4) is 22.4 Å². The lowest BCUT2D eigenvalue weighted by atomic mass is 9.97. The van der Waals surface area contributed by atoms with Crippen LogP contribution in [0.1, 0.15) is 17.3 Å². The molecular formula is C28H27FN6O3. The highest BCUT2D eigenvalue weighted by atomic mass is 19.1. The van der Waals surface area contributed by atoms with Crippen LogP contribution < -0.4 is 16.4 Å². The van der Waals surface area contributed by atoms with Crippen molar-refractivity contribution in [3.63, 3.8) is 0 Å². The third-order valence-corrected chi connectivity index (χ3v) is 6.50. The van der Waals surface area contributed by atoms with E-state index in [1.54, 1.807) is 25.1 Å². The lowest BCUT2D eigenvalue weighted by molar-refractivity contribution is -0.126. The number of nitrogens with two attached hydrogens (primary N) is 1. The molecule has 0 unspecified atom stereocenters. The fourth-order valence-corrected chi connectivity index (χ4v) is 4.43. The van der Waals surface area contributed by atoms with Gasteiger partial charge in [-0.25, -0.2) is 14.4 Å². The van der Waals surface area contributed by atoms with Crippen LogP contribution in [0.25, 0.3) is 33.4 Å². The van der Waals surface area contributed by atoms with Crippen molar-refractivity contribution in [2.75, 3.05) is 30.8 Å². The lowest BCUT2D eigenvalue weighted by Gasteiger charge is -2.33. The number of rotatable bonds is 7. The molecule has 2 aromatic heterocycles. The predicted molar refractivity (Wildman–Crippen MR) is 144 cm³/mol. The maximum Gasteiger partial charge on any atom is 0.251 e. The number of anilines is 2. The van der Waals surface area contributed by atoms with Gasteiger partial charge in [-0.15, -0.1) is 0 Å². The van der Waals surface area contributed by atoms with Crippen molar-refractivity contribution < 1.29 is 18.7 Å². The number of fused-ring (bicyclic) bond motifs is 1. The minimum atomic E-state index is -1.51. The van der Waals surface area contributed by atoms with Gasteiger partial charge in [-0.3, -0.25) is 9.59 Å². The summed E-state index contributed by atoms with van der Waals surface area (Å²) in [5.74, 6) is -0.328. The van der Waals surface area contributed by atoms with Gasteiger partial charge < -0.3 is 25.7 Å². The molecule has 4 aromatic rings. The number of hydrogen-bond acceptors (Lipinski definition) is 6. The highest BCUT2D eigenvalue weighted by molar-refractivity contribution is 6.08. The molecule has 0 bridgehead atoms. The van der Waals surface area contributed by atoms with Crippen molar-refractivity contribution >= 4 is 34.4 Å². The molecule has 0 radical (unpaired) electrons. The number of nitrogen functional groups attached to an aromatic ring is 1. The summed E-state index contributed by atoms with van der Waals surface area (Å²) in [4.78, 5) is 33.5. The zero-order chi connectivity index (χ0) is 27.0. The van der Waals surface area contributed by atoms with Gasteiger partial charge in [-0.05, 0) is 36.8 Å². The molecule has 5 rings (SSSR count). The second-order valence-corrected chi connectivity index (χ2v) is 9.46. The molecule has 194 valence electrons. The van der Waals surface area contributed by atoms with E-state index in [0.29, 0.717) is 33.7 Å². The normalized spacial score (nSPS) is 14.1. The topological polar surface area (TPSA) is 124 Å². The molecule has 0 aliphatic carbocycles. The number of hydrogen-bond donors (Lipinski definition) is 3. The van der Waals surface area contributed by atoms with Crippen LogP contribution in [0.5, 0.6) is 0 Å². The summed E-state index contributed by atoms with van der Waals surface area (Å²) in [6.45, 7) is 5.20. The molecule has 3 heterocycles. The van der Waals surface area contributed by atoms with E-state index < -0.39 is 5.67 Å². The Kier molecular flexibility index (Phi) is 6.41. The maximum absolute atomic E-state index is 14.2. The van der Waals surface area contributed by atoms with Crippen LogP contribution in [0, 0.1) is 0 Å². The first-order valence-corrected chi connectivity index (χ1v) is 12.0. The van der Waals surface area contributed by atoms with Crippen molar-refractivity contribution in [1.29, 1.82) is 0 Å². The molecular weight excluding hydrogens is 487 g/mol. The Labute approximate surface area is 218 Å². The molecule has 9 nitrogen and oxygen atoms in total. The smallest absolute Gasteiger partial charge is 0.251 e. The Hall–Kier alpha value is -4.57. The van der Waals surface area contributed by atoms with Crippen molar-refractivity contribution in [2.45, 2.75) is 12.6 Å². The zero-order valence-corrected chi connectivity index (χ0v) is 21.0. The van der Waals surface area contributed by atoms with E-state index in [0.717, 1.165) is 22.4 Å². The molecule has 38 heavy (non-hydrogen) atoms. The summed E-state index contributed by atoms with van der Waals surface area (Å²) in [5.41, 5.74) is 10.0. The van der Waals surface area contributed by atoms with E-state index in [-0.39, 0.29) is 31.6 Å². The number of amides is 2. The van der Waals surface area contributed by atoms with Crippen LogP contribution >= 0.6 is 0 Å². The van der Waals surface area contributed by atoms with Gasteiger partial charge in [0.1, 0.15) is 17.8 Å². The van der Waals surface area contributed by atoms with E-state index in [4.69, 9.17) is 10.5 Å². The minimum absolute atomic E-state index is 0.0162. The molecule has 1 aliphatic heterocycles. The summed E-state index contributed by atoms with van der Waals surface area (Å²) < 4.78 is 21.0. The number of halogens is 1. The number of carbonyl (C=O) groups excluding carboxylic acids is 2. The zero-order valence-electron chi connectivity index (χ0n) is 21.0. The molecule has 2 aromatic carbocycles. The highest BCUT2D eigenvalue weighted by Crippen LogP contribution is 2.42. The van der Waals surface area contributed by atoms with E-state index in [1.165, 1.54) is 6.33 Å². The first kappa shape index (κ1) is 25.1. The quantitative estimate of drug-likeness (QED) is 0.322. The fraction of sp³-hybridized carbons (Fsp3) is 0.214. The van der Waals surface area contributed by atoms with Crippen molar-refractivity contribution in [3.05, 3.63) is 72.6 Å². The molecule has 2 amide bonds. The van der Waals surface area contributed by atoms with E-state index in [1.807, 2.05) is 41.9 Å². The van der Waals surface area contributed by atoms with Gasteiger partial charge in [-0.1, -0.05) is 30.8 Å². The number of ether oxygens (including phenoxy) is 1. The second-order valence-electron chi connectivity index (χ2n) is 9.46. The number of aromatic nitrogens is 3. The van der Waals surface area contributed by atoms with Crippen LogP contribution in [0.4, 0.5) is 15.9 Å². The third kappa shape index (κ3) is 4.61. The maximum atomic E-state index is 14.2. The summed E-state index contributed by atoms with van der Waals surface area (Å²) in [6.07, 6.45) is 1.41. The van der Waals surface area contributed by atoms with Crippen LogP contribution in [0.3, 0.4) is 0 Å². The molecule has 0 saturated carbocycles. The van der Waals surface area contributed by atoms with Crippen molar-refractivity contribution in [1.82, 2.24) is 19.9 Å². The van der Waals surface area contributed by atoms with E-state index in [9.17, 15) is 14.0 Å². The Balaban J connectivity index is 1.55. The van der Waals surface area contributed by atoms with Gasteiger partial charge in [0.05, 0.1) is 30.8 Å². The molecule has 10 heteroatoms. The average molecular weight is 515 g/mol. The third-order valence-electron chi connectivity index (χ3n) is 6.50. The van der Waals surface area contributed by atoms with Gasteiger partial charge in [0.2, 0.25) is 0 Å². The van der Waals surface area contributed by atoms with Gasteiger partial charge in [0.15, 0.2) is 5.67 Å². The fourth-order valence-electron chi connectivity index (χ4n) is 4.43. The molecule has 1 aliphatic rings. The summed E-state index contributed by atoms with van der Waals surface area (Å²) in [7, 11) is 1.88. The van der Waals surface area contributed by atoms with Gasteiger partial charge in [0, 0.05) is 35.0 Å². The average Bonchev–Trinajstić information content (AvgIpc) is 3.19. The number of nitrogens with zero attached hydrogens (tertiary/aromatic N) is 3. The monoisotopic (exact) mass is 514 g/mol. The number of aryl methyl sites for hydroxylation is 1. The standard InChI is InChI=1S/C28H27FN6O3/c1-16(2)26(36)34-20-6-4-5-19(11-20)23-21(22-24(30)32-15-33-25(22)35(23)3)17-7-9-18(10-8-17)27(37)31-12-28(29)13-38-14-28/h4-11,15H,1,12-14H2,2-3H3,(H,31,37)(H,34,36)(H2,30,32,33). The number of carbonyl (C=O) groups is 2. The number of alkyl halides is 1. The van der Waals surface area contributed by atoms with Crippen LogP contribution in [-0.4, -0.2) is 51.8 Å². The van der Waals surface area contributed by atoms with Crippen LogP contribution in [0.15, 0.2) is 67.0 Å². The van der Waals surface area contributed by atoms with E-state index in [2.05, 4.69) is 27.2 Å². The van der Waals surface area contributed by atoms with E-state index >= 15 is 0 Å². The molecule has 1 fully saturated rings. The molecule has 0 spiro atoms. The largest absolute Gasteiger partial charge is 0.383 e. The molecule has 4 N–H and O–H groups in total. The highest BCUT2D eigenvalue weighted by Gasteiger charge is 2.39. The Morgan fingerprint density at radius 3 is 2.55 bits per heavy atom. The second kappa shape index (κ2) is 9.71. The predicted octanol–water partition coefficient (Wildman–Crippen LogP) is 3.87. The lowest BCUT2D eigenvalue weighted by Crippen LogP contribution is -2.53. The SMILES string of the molecule is C=C(C)C(=O)Nc1cccc(-c2c(-c3ccc(C(=O)NCC4(F)COC4)cc3)c3c(N)ncnc3n2C)c1. The van der Waals surface area contributed by atoms with Crippen LogP contribution in [-0.2, 0) is 16.6 Å². The Bertz CT molecular complexity index is 1570. The molecule has 1 saturated heterocycles. The minimum Gasteiger partial charge on any atom is -0.383 e. The first-order chi connectivity index (χ1) is 18.2. The van der Waals surface area contributed by atoms with Gasteiger partial charge >= 0.3 is 0 Å². The van der Waals surface area contributed by atoms with Crippen molar-refractivity contribution in [2.24, 2.45) is 7.05 Å². The van der Waals surface area contributed by atoms with Gasteiger partial charge in [0.25, 0.3) is 11.8 Å². The van der Waals surface area contributed by atoms with Crippen LogP contribution in [0.2, 0.25) is 0 Å².